The molecule has 0 aromatic carbocycles. The first-order chi connectivity index (χ1) is 9.27. The van der Waals surface area contributed by atoms with E-state index in [1.165, 1.54) is 0 Å². The highest BCUT2D eigenvalue weighted by Crippen LogP contribution is 2.11. The van der Waals surface area contributed by atoms with Crippen molar-refractivity contribution in [3.05, 3.63) is 12.3 Å². The van der Waals surface area contributed by atoms with E-state index in [9.17, 15) is 0 Å². The lowest BCUT2D eigenvalue weighted by atomic mass is 10.5. The van der Waals surface area contributed by atoms with E-state index in [4.69, 9.17) is 9.47 Å². The second kappa shape index (κ2) is 9.52. The lowest BCUT2D eigenvalue weighted by Gasteiger charge is -2.17. The Bertz CT molecular complexity index is 349. The van der Waals surface area contributed by atoms with Crippen molar-refractivity contribution in [2.75, 3.05) is 51.9 Å². The van der Waals surface area contributed by atoms with Crippen LogP contribution in [0.25, 0.3) is 0 Å². The zero-order valence-corrected chi connectivity index (χ0v) is 12.1. The molecule has 0 aliphatic heterocycles. The van der Waals surface area contributed by atoms with Gasteiger partial charge < -0.3 is 19.7 Å². The molecule has 1 heterocycles. The SMILES string of the molecule is CCCOc1ccnc(N(C)CCNCCOC)n1. The molecule has 0 aliphatic rings. The maximum absolute atomic E-state index is 5.49. The van der Waals surface area contributed by atoms with Gasteiger partial charge in [0.1, 0.15) is 0 Å². The van der Waals surface area contributed by atoms with Crippen LogP contribution in [0.1, 0.15) is 13.3 Å². The summed E-state index contributed by atoms with van der Waals surface area (Å²) in [5.74, 6) is 1.31. The van der Waals surface area contributed by atoms with Crippen LogP contribution in [-0.2, 0) is 4.74 Å². The first kappa shape index (κ1) is 15.7. The number of anilines is 1. The van der Waals surface area contributed by atoms with Crippen LogP contribution in [0.5, 0.6) is 5.88 Å². The van der Waals surface area contributed by atoms with E-state index in [0.29, 0.717) is 18.4 Å². The number of methoxy groups -OCH3 is 1. The van der Waals surface area contributed by atoms with E-state index in [1.54, 1.807) is 19.4 Å². The Morgan fingerprint density at radius 2 is 2.16 bits per heavy atom. The molecule has 0 atom stereocenters. The zero-order valence-electron chi connectivity index (χ0n) is 12.1. The molecule has 6 heteroatoms. The van der Waals surface area contributed by atoms with E-state index >= 15 is 0 Å². The van der Waals surface area contributed by atoms with Gasteiger partial charge in [0.05, 0.1) is 13.2 Å². The van der Waals surface area contributed by atoms with Gasteiger partial charge >= 0.3 is 0 Å². The van der Waals surface area contributed by atoms with Crippen LogP contribution in [0, 0.1) is 0 Å². The summed E-state index contributed by atoms with van der Waals surface area (Å²) in [6.07, 6.45) is 2.70. The molecule has 0 amide bonds. The van der Waals surface area contributed by atoms with Crippen LogP contribution in [0.15, 0.2) is 12.3 Å². The van der Waals surface area contributed by atoms with Crippen molar-refractivity contribution < 1.29 is 9.47 Å². The van der Waals surface area contributed by atoms with Gasteiger partial charge in [-0.1, -0.05) is 6.92 Å². The second-order valence-electron chi connectivity index (χ2n) is 4.21. The van der Waals surface area contributed by atoms with Crippen LogP contribution >= 0.6 is 0 Å². The Balaban J connectivity index is 2.36. The van der Waals surface area contributed by atoms with E-state index in [2.05, 4.69) is 22.2 Å². The van der Waals surface area contributed by atoms with Crippen molar-refractivity contribution in [1.29, 1.82) is 0 Å². The van der Waals surface area contributed by atoms with Crippen LogP contribution in [0.3, 0.4) is 0 Å². The molecule has 19 heavy (non-hydrogen) atoms. The molecule has 1 N–H and O–H groups in total. The molecule has 0 saturated carbocycles. The maximum Gasteiger partial charge on any atom is 0.228 e. The van der Waals surface area contributed by atoms with Gasteiger partial charge in [0.15, 0.2) is 0 Å². The maximum atomic E-state index is 5.49. The molecule has 108 valence electrons. The monoisotopic (exact) mass is 268 g/mol. The molecule has 0 saturated heterocycles. The third-order valence-corrected chi connectivity index (χ3v) is 2.52. The van der Waals surface area contributed by atoms with Crippen LogP contribution in [-0.4, -0.2) is 57.0 Å². The van der Waals surface area contributed by atoms with Gasteiger partial charge in [-0.25, -0.2) is 4.98 Å². The van der Waals surface area contributed by atoms with Gasteiger partial charge in [-0.05, 0) is 6.42 Å². The molecular weight excluding hydrogens is 244 g/mol. The number of likely N-dealkylation sites (N-methyl/N-ethyl adjacent to an activating group) is 1. The summed E-state index contributed by atoms with van der Waals surface area (Å²) in [6.45, 7) is 6.02. The Morgan fingerprint density at radius 3 is 2.89 bits per heavy atom. The highest BCUT2D eigenvalue weighted by atomic mass is 16.5. The standard InChI is InChI=1S/C13H24N4O2/c1-4-10-19-12-5-6-15-13(16-12)17(2)9-7-14-8-11-18-3/h5-6,14H,4,7-11H2,1-3H3. The third-order valence-electron chi connectivity index (χ3n) is 2.52. The van der Waals surface area contributed by atoms with Gasteiger partial charge in [-0.3, -0.25) is 0 Å². The molecule has 6 nitrogen and oxygen atoms in total. The molecular formula is C13H24N4O2. The van der Waals surface area contributed by atoms with Crippen molar-refractivity contribution in [1.82, 2.24) is 15.3 Å². The molecule has 1 aromatic rings. The summed E-state index contributed by atoms with van der Waals surface area (Å²) in [7, 11) is 3.67. The molecule has 0 fully saturated rings. The fourth-order valence-electron chi connectivity index (χ4n) is 1.45. The van der Waals surface area contributed by atoms with Crippen molar-refractivity contribution in [3.63, 3.8) is 0 Å². The van der Waals surface area contributed by atoms with Gasteiger partial charge in [-0.2, -0.15) is 4.98 Å². The van der Waals surface area contributed by atoms with Crippen molar-refractivity contribution in [3.8, 4) is 5.88 Å². The zero-order chi connectivity index (χ0) is 13.9. The summed E-state index contributed by atoms with van der Waals surface area (Å²) in [5.41, 5.74) is 0. The van der Waals surface area contributed by atoms with Crippen molar-refractivity contribution >= 4 is 5.95 Å². The highest BCUT2D eigenvalue weighted by Gasteiger charge is 2.05. The summed E-state index contributed by atoms with van der Waals surface area (Å²) < 4.78 is 10.5. The van der Waals surface area contributed by atoms with Gasteiger partial charge in [-0.15, -0.1) is 0 Å². The summed E-state index contributed by atoms with van der Waals surface area (Å²) >= 11 is 0. The lowest BCUT2D eigenvalue weighted by molar-refractivity contribution is 0.200. The van der Waals surface area contributed by atoms with Crippen LogP contribution in [0.4, 0.5) is 5.95 Å². The predicted octanol–water partition coefficient (Wildman–Crippen LogP) is 0.938. The Labute approximate surface area is 115 Å². The van der Waals surface area contributed by atoms with Gasteiger partial charge in [0.2, 0.25) is 11.8 Å². The van der Waals surface area contributed by atoms with E-state index < -0.39 is 0 Å². The molecule has 1 aromatic heterocycles. The van der Waals surface area contributed by atoms with Gasteiger partial charge in [0.25, 0.3) is 0 Å². The number of hydrogen-bond acceptors (Lipinski definition) is 6. The molecule has 1 rings (SSSR count). The van der Waals surface area contributed by atoms with Crippen LogP contribution < -0.4 is 15.0 Å². The van der Waals surface area contributed by atoms with Crippen molar-refractivity contribution in [2.24, 2.45) is 0 Å². The largest absolute Gasteiger partial charge is 0.478 e. The summed E-state index contributed by atoms with van der Waals surface area (Å²) in [5, 5.41) is 3.28. The Hall–Kier alpha value is -1.40. The number of nitrogens with one attached hydrogen (secondary N) is 1. The number of hydrogen-bond donors (Lipinski definition) is 1. The predicted molar refractivity (Wildman–Crippen MR) is 75.8 cm³/mol. The smallest absolute Gasteiger partial charge is 0.228 e. The fraction of sp³-hybridized carbons (Fsp3) is 0.692. The number of ether oxygens (including phenoxy) is 2. The quantitative estimate of drug-likeness (QED) is 0.637. The average molecular weight is 268 g/mol. The number of rotatable bonds is 10. The fourth-order valence-corrected chi connectivity index (χ4v) is 1.45. The Kier molecular flexibility index (Phi) is 7.84. The molecule has 0 radical (unpaired) electrons. The molecule has 0 unspecified atom stereocenters. The van der Waals surface area contributed by atoms with E-state index in [1.807, 2.05) is 11.9 Å². The first-order valence-corrected chi connectivity index (χ1v) is 6.64. The lowest BCUT2D eigenvalue weighted by Crippen LogP contribution is -2.31. The van der Waals surface area contributed by atoms with E-state index in [-0.39, 0.29) is 0 Å². The van der Waals surface area contributed by atoms with Crippen LogP contribution in [0.2, 0.25) is 0 Å². The normalized spacial score (nSPS) is 10.5. The molecule has 0 bridgehead atoms. The first-order valence-electron chi connectivity index (χ1n) is 6.64. The summed E-state index contributed by atoms with van der Waals surface area (Å²) in [6, 6.07) is 1.78. The van der Waals surface area contributed by atoms with Crippen molar-refractivity contribution in [2.45, 2.75) is 13.3 Å². The van der Waals surface area contributed by atoms with Gasteiger partial charge in [0, 0.05) is 46.1 Å². The minimum atomic E-state index is 0.631. The number of nitrogens with zero attached hydrogens (tertiary/aromatic N) is 3. The topological polar surface area (TPSA) is 59.5 Å². The molecule has 0 aliphatic carbocycles. The minimum Gasteiger partial charge on any atom is -0.478 e. The Morgan fingerprint density at radius 1 is 1.32 bits per heavy atom. The molecule has 0 spiro atoms. The second-order valence-corrected chi connectivity index (χ2v) is 4.21. The summed E-state index contributed by atoms with van der Waals surface area (Å²) in [4.78, 5) is 10.6. The third kappa shape index (κ3) is 6.35. The highest BCUT2D eigenvalue weighted by molar-refractivity contribution is 5.30. The minimum absolute atomic E-state index is 0.631. The number of aromatic nitrogens is 2. The van der Waals surface area contributed by atoms with E-state index in [0.717, 1.165) is 32.7 Å². The average Bonchev–Trinajstić information content (AvgIpc) is 2.45.